The molecule has 0 aliphatic carbocycles. The van der Waals surface area contributed by atoms with Gasteiger partial charge < -0.3 is 14.8 Å². The van der Waals surface area contributed by atoms with Crippen LogP contribution in [0.2, 0.25) is 0 Å². The molecule has 0 spiro atoms. The predicted molar refractivity (Wildman–Crippen MR) is 108 cm³/mol. The lowest BCUT2D eigenvalue weighted by molar-refractivity contribution is -0.139. The van der Waals surface area contributed by atoms with Crippen LogP contribution in [0.5, 0.6) is 11.6 Å². The van der Waals surface area contributed by atoms with Crippen molar-refractivity contribution in [3.8, 4) is 11.6 Å². The number of hydrogen-bond acceptors (Lipinski definition) is 5. The van der Waals surface area contributed by atoms with Crippen molar-refractivity contribution >= 4 is 11.6 Å². The van der Waals surface area contributed by atoms with Gasteiger partial charge in [0.2, 0.25) is 11.8 Å². The van der Waals surface area contributed by atoms with Crippen molar-refractivity contribution in [2.24, 2.45) is 5.92 Å². The standard InChI is InChI=1S/C22H22F3N3O2/c1-15(2)13-29-18-10-8-17(9-11-18)27-21-26-12-19(22(23,24)25)20(28-21)30-14-16-6-4-3-5-7-16/h3-12,15H,13-14H2,1-2H3,(H,26,27,28). The van der Waals surface area contributed by atoms with E-state index in [9.17, 15) is 13.2 Å². The van der Waals surface area contributed by atoms with E-state index in [0.717, 1.165) is 11.8 Å². The van der Waals surface area contributed by atoms with Crippen molar-refractivity contribution in [3.05, 3.63) is 71.9 Å². The van der Waals surface area contributed by atoms with Crippen LogP contribution in [-0.4, -0.2) is 16.6 Å². The van der Waals surface area contributed by atoms with Crippen molar-refractivity contribution in [1.82, 2.24) is 9.97 Å². The summed E-state index contributed by atoms with van der Waals surface area (Å²) >= 11 is 0. The van der Waals surface area contributed by atoms with Crippen LogP contribution < -0.4 is 14.8 Å². The summed E-state index contributed by atoms with van der Waals surface area (Å²) in [4.78, 5) is 7.72. The first-order valence-corrected chi connectivity index (χ1v) is 9.42. The molecule has 1 N–H and O–H groups in total. The lowest BCUT2D eigenvalue weighted by Gasteiger charge is -2.14. The Labute approximate surface area is 172 Å². The van der Waals surface area contributed by atoms with Gasteiger partial charge in [0, 0.05) is 11.9 Å². The van der Waals surface area contributed by atoms with Gasteiger partial charge in [0.15, 0.2) is 0 Å². The normalized spacial score (nSPS) is 11.4. The van der Waals surface area contributed by atoms with E-state index < -0.39 is 17.6 Å². The van der Waals surface area contributed by atoms with Crippen LogP contribution in [0.3, 0.4) is 0 Å². The maximum Gasteiger partial charge on any atom is 0.423 e. The number of halogens is 3. The first-order valence-electron chi connectivity index (χ1n) is 9.42. The zero-order valence-electron chi connectivity index (χ0n) is 16.6. The third-order valence-electron chi connectivity index (χ3n) is 3.97. The quantitative estimate of drug-likeness (QED) is 0.498. The fourth-order valence-corrected chi connectivity index (χ4v) is 2.48. The lowest BCUT2D eigenvalue weighted by Crippen LogP contribution is -2.12. The summed E-state index contributed by atoms with van der Waals surface area (Å²) in [5.41, 5.74) is 0.317. The van der Waals surface area contributed by atoms with E-state index in [4.69, 9.17) is 9.47 Å². The van der Waals surface area contributed by atoms with Gasteiger partial charge in [-0.1, -0.05) is 44.2 Å². The molecule has 0 saturated heterocycles. The molecule has 0 unspecified atom stereocenters. The molecule has 3 rings (SSSR count). The summed E-state index contributed by atoms with van der Waals surface area (Å²) < 4.78 is 50.9. The molecule has 1 heterocycles. The Balaban J connectivity index is 1.75. The van der Waals surface area contributed by atoms with Crippen LogP contribution in [0.25, 0.3) is 0 Å². The summed E-state index contributed by atoms with van der Waals surface area (Å²) in [7, 11) is 0. The minimum Gasteiger partial charge on any atom is -0.493 e. The molecule has 0 fully saturated rings. The fraction of sp³-hybridized carbons (Fsp3) is 0.273. The van der Waals surface area contributed by atoms with E-state index in [1.807, 2.05) is 6.07 Å². The second-order valence-corrected chi connectivity index (χ2v) is 7.04. The average molecular weight is 417 g/mol. The fourth-order valence-electron chi connectivity index (χ4n) is 2.48. The molecule has 2 aromatic carbocycles. The van der Waals surface area contributed by atoms with Gasteiger partial charge in [-0.15, -0.1) is 0 Å². The molecule has 1 aromatic heterocycles. The molecule has 0 aliphatic heterocycles. The molecule has 30 heavy (non-hydrogen) atoms. The summed E-state index contributed by atoms with van der Waals surface area (Å²) in [5.74, 6) is 0.578. The SMILES string of the molecule is CC(C)COc1ccc(Nc2ncc(C(F)(F)F)c(OCc3ccccc3)n2)cc1. The maximum absolute atomic E-state index is 13.3. The second-order valence-electron chi connectivity index (χ2n) is 7.04. The number of rotatable bonds is 8. The zero-order valence-corrected chi connectivity index (χ0v) is 16.6. The van der Waals surface area contributed by atoms with Gasteiger partial charge in [0.05, 0.1) is 6.61 Å². The predicted octanol–water partition coefficient (Wildman–Crippen LogP) is 5.85. The van der Waals surface area contributed by atoms with E-state index in [-0.39, 0.29) is 12.6 Å². The molecular weight excluding hydrogens is 395 g/mol. The highest BCUT2D eigenvalue weighted by Crippen LogP contribution is 2.35. The third-order valence-corrected chi connectivity index (χ3v) is 3.97. The van der Waals surface area contributed by atoms with Gasteiger partial charge in [-0.3, -0.25) is 0 Å². The van der Waals surface area contributed by atoms with E-state index in [2.05, 4.69) is 29.1 Å². The maximum atomic E-state index is 13.3. The number of ether oxygens (including phenoxy) is 2. The topological polar surface area (TPSA) is 56.3 Å². The van der Waals surface area contributed by atoms with E-state index >= 15 is 0 Å². The monoisotopic (exact) mass is 417 g/mol. The highest BCUT2D eigenvalue weighted by Gasteiger charge is 2.36. The Morgan fingerprint density at radius 2 is 1.67 bits per heavy atom. The first kappa shape index (κ1) is 21.4. The largest absolute Gasteiger partial charge is 0.493 e. The molecule has 5 nitrogen and oxygen atoms in total. The van der Waals surface area contributed by atoms with Gasteiger partial charge >= 0.3 is 6.18 Å². The lowest BCUT2D eigenvalue weighted by atomic mass is 10.2. The summed E-state index contributed by atoms with van der Waals surface area (Å²) in [6.07, 6.45) is -3.91. The van der Waals surface area contributed by atoms with Gasteiger partial charge in [-0.05, 0) is 35.7 Å². The van der Waals surface area contributed by atoms with Crippen molar-refractivity contribution < 1.29 is 22.6 Å². The molecule has 3 aromatic rings. The van der Waals surface area contributed by atoms with Crippen molar-refractivity contribution in [1.29, 1.82) is 0 Å². The van der Waals surface area contributed by atoms with E-state index in [0.29, 0.717) is 24.0 Å². The third kappa shape index (κ3) is 6.10. The number of hydrogen-bond donors (Lipinski definition) is 1. The molecular formula is C22H22F3N3O2. The zero-order chi connectivity index (χ0) is 21.6. The molecule has 8 heteroatoms. The number of aromatic nitrogens is 2. The Morgan fingerprint density at radius 3 is 2.30 bits per heavy atom. The van der Waals surface area contributed by atoms with Gasteiger partial charge in [-0.2, -0.15) is 18.2 Å². The molecule has 0 aliphatic rings. The van der Waals surface area contributed by atoms with Gasteiger partial charge in [0.25, 0.3) is 0 Å². The van der Waals surface area contributed by atoms with Crippen LogP contribution in [-0.2, 0) is 12.8 Å². The van der Waals surface area contributed by atoms with Crippen molar-refractivity contribution in [2.75, 3.05) is 11.9 Å². The highest BCUT2D eigenvalue weighted by molar-refractivity contribution is 5.55. The molecule has 0 saturated carbocycles. The minimum absolute atomic E-state index is 0.00177. The van der Waals surface area contributed by atoms with E-state index in [1.54, 1.807) is 48.5 Å². The van der Waals surface area contributed by atoms with Crippen LogP contribution in [0.4, 0.5) is 24.8 Å². The number of benzene rings is 2. The first-order chi connectivity index (χ1) is 14.3. The van der Waals surface area contributed by atoms with Crippen LogP contribution >= 0.6 is 0 Å². The smallest absolute Gasteiger partial charge is 0.423 e. The number of nitrogens with one attached hydrogen (secondary N) is 1. The van der Waals surface area contributed by atoms with Crippen LogP contribution in [0.1, 0.15) is 25.0 Å². The molecule has 0 radical (unpaired) electrons. The van der Waals surface area contributed by atoms with Crippen LogP contribution in [0, 0.1) is 5.92 Å². The van der Waals surface area contributed by atoms with Crippen molar-refractivity contribution in [2.45, 2.75) is 26.6 Å². The number of alkyl halides is 3. The highest BCUT2D eigenvalue weighted by atomic mass is 19.4. The summed E-state index contributed by atoms with van der Waals surface area (Å²) in [6.45, 7) is 4.66. The van der Waals surface area contributed by atoms with Crippen LogP contribution in [0.15, 0.2) is 60.8 Å². The Hall–Kier alpha value is -3.29. The van der Waals surface area contributed by atoms with Gasteiger partial charge in [0.1, 0.15) is 17.9 Å². The molecule has 0 bridgehead atoms. The Kier molecular flexibility index (Phi) is 6.76. The average Bonchev–Trinajstić information content (AvgIpc) is 2.72. The summed E-state index contributed by atoms with van der Waals surface area (Å²) in [6, 6.07) is 15.9. The molecule has 0 atom stereocenters. The molecule has 0 amide bonds. The minimum atomic E-state index is -4.63. The number of nitrogens with zero attached hydrogens (tertiary/aromatic N) is 2. The van der Waals surface area contributed by atoms with E-state index in [1.165, 1.54) is 0 Å². The Morgan fingerprint density at radius 1 is 0.967 bits per heavy atom. The second kappa shape index (κ2) is 9.47. The van der Waals surface area contributed by atoms with Crippen molar-refractivity contribution in [3.63, 3.8) is 0 Å². The molecule has 158 valence electrons. The van der Waals surface area contributed by atoms with Gasteiger partial charge in [-0.25, -0.2) is 4.98 Å². The Bertz CT molecular complexity index is 946. The summed E-state index contributed by atoms with van der Waals surface area (Å²) in [5, 5.41) is 2.89. The number of anilines is 2.